The van der Waals surface area contributed by atoms with Crippen LogP contribution >= 0.6 is 0 Å². The average Bonchev–Trinajstić information content (AvgIpc) is 3.55. The number of aliphatic hydroxyl groups is 1. The van der Waals surface area contributed by atoms with Gasteiger partial charge in [0.2, 0.25) is 0 Å². The number of benzene rings is 2. The van der Waals surface area contributed by atoms with E-state index < -0.39 is 56.5 Å². The summed E-state index contributed by atoms with van der Waals surface area (Å²) in [5, 5.41) is 11.6. The molecule has 0 unspecified atom stereocenters. The minimum atomic E-state index is -2.19. The van der Waals surface area contributed by atoms with E-state index in [9.17, 15) is 5.11 Å². The van der Waals surface area contributed by atoms with Crippen molar-refractivity contribution in [3.8, 4) is 0 Å². The Morgan fingerprint density at radius 3 is 1.92 bits per heavy atom. The normalized spacial score (nSPS) is 25.4. The van der Waals surface area contributed by atoms with Gasteiger partial charge in [0.1, 0.15) is 36.6 Å². The maximum atomic E-state index is 11.6. The molecule has 8 nitrogen and oxygen atoms in total. The Morgan fingerprint density at radius 2 is 1.40 bits per heavy atom. The molecule has 2 saturated heterocycles. The van der Waals surface area contributed by atoms with E-state index in [1.165, 1.54) is 0 Å². The van der Waals surface area contributed by atoms with Crippen molar-refractivity contribution in [2.45, 2.75) is 141 Å². The van der Waals surface area contributed by atoms with Crippen LogP contribution in [0.5, 0.6) is 0 Å². The van der Waals surface area contributed by atoms with Gasteiger partial charge in [0.25, 0.3) is 0 Å². The molecule has 0 spiro atoms. The number of aliphatic hydroxyl groups excluding tert-OH is 1. The predicted molar refractivity (Wildman–Crippen MR) is 191 cm³/mol. The highest BCUT2D eigenvalue weighted by Crippen LogP contribution is 2.40. The summed E-state index contributed by atoms with van der Waals surface area (Å²) in [6.07, 6.45) is 3.32. The second kappa shape index (κ2) is 16.2. The van der Waals surface area contributed by atoms with E-state index in [1.54, 1.807) is 6.08 Å². The SMILES string of the molecule is C/C=C/[C@H](O[Si](C)(C)C(C)(C)C)[C@@H](O)/C=C/[C@H](OCc1ccccc1)[C@@H](OCc1ccccc1)[C@H]1OC(C)(C)O[C@@H]1[C@H]1COC(C)(C)O1. The molecule has 9 heteroatoms. The Morgan fingerprint density at radius 1 is 0.812 bits per heavy atom. The fraction of sp³-hybridized carbons (Fsp3) is 0.590. The summed E-state index contributed by atoms with van der Waals surface area (Å²) in [5.74, 6) is -1.65. The molecule has 0 radical (unpaired) electrons. The van der Waals surface area contributed by atoms with Crippen molar-refractivity contribution >= 4 is 8.32 Å². The number of rotatable bonds is 15. The molecule has 48 heavy (non-hydrogen) atoms. The van der Waals surface area contributed by atoms with Crippen LogP contribution in [0.25, 0.3) is 0 Å². The van der Waals surface area contributed by atoms with Crippen molar-refractivity contribution < 1.29 is 38.0 Å². The topological polar surface area (TPSA) is 84.8 Å². The summed E-state index contributed by atoms with van der Waals surface area (Å²) < 4.78 is 45.5. The van der Waals surface area contributed by atoms with Gasteiger partial charge in [-0.15, -0.1) is 0 Å². The summed E-state index contributed by atoms with van der Waals surface area (Å²) in [7, 11) is -2.19. The first-order chi connectivity index (χ1) is 22.5. The van der Waals surface area contributed by atoms with E-state index >= 15 is 0 Å². The van der Waals surface area contributed by atoms with Crippen LogP contribution in [0.15, 0.2) is 85.0 Å². The predicted octanol–water partition coefficient (Wildman–Crippen LogP) is 7.71. The molecule has 0 saturated carbocycles. The van der Waals surface area contributed by atoms with E-state index in [-0.39, 0.29) is 11.1 Å². The highest BCUT2D eigenvalue weighted by molar-refractivity contribution is 6.74. The molecule has 4 rings (SSSR count). The van der Waals surface area contributed by atoms with Gasteiger partial charge in [-0.3, -0.25) is 0 Å². The van der Waals surface area contributed by atoms with Crippen LogP contribution in [0, 0.1) is 0 Å². The summed E-state index contributed by atoms with van der Waals surface area (Å²) >= 11 is 0. The number of allylic oxidation sites excluding steroid dienone is 1. The van der Waals surface area contributed by atoms with Crippen molar-refractivity contribution in [3.05, 3.63) is 96.1 Å². The van der Waals surface area contributed by atoms with Crippen molar-refractivity contribution in [1.29, 1.82) is 0 Å². The molecule has 0 bridgehead atoms. The fourth-order valence-electron chi connectivity index (χ4n) is 5.67. The molecule has 2 aromatic carbocycles. The monoisotopic (exact) mass is 682 g/mol. The minimum Gasteiger partial charge on any atom is -0.408 e. The molecule has 0 aromatic heterocycles. The summed E-state index contributed by atoms with van der Waals surface area (Å²) in [6.45, 7) is 21.5. The lowest BCUT2D eigenvalue weighted by molar-refractivity contribution is -0.178. The second-order valence-electron chi connectivity index (χ2n) is 15.2. The van der Waals surface area contributed by atoms with Gasteiger partial charge in [0, 0.05) is 0 Å². The smallest absolute Gasteiger partial charge is 0.193 e. The standard InChI is InChI=1S/C39H58O8Si/c1-11-18-31(47-48(9,10)37(2,3)4)30(40)23-24-32(41-25-28-19-14-12-15-20-28)34(42-26-29-21-16-13-17-22-29)36-35(45-39(7,8)46-36)33-27-43-38(5,6)44-33/h11-24,30-36,40H,25-27H2,1-10H3/b18-11+,24-23+/t30-,31-,32-,33+,34+,35+,36+/m0/s1. The van der Waals surface area contributed by atoms with Crippen molar-refractivity contribution in [3.63, 3.8) is 0 Å². The highest BCUT2D eigenvalue weighted by Gasteiger charge is 2.54. The molecule has 266 valence electrons. The van der Waals surface area contributed by atoms with E-state index in [1.807, 2.05) is 114 Å². The summed E-state index contributed by atoms with van der Waals surface area (Å²) in [4.78, 5) is 0. The maximum absolute atomic E-state index is 11.6. The molecule has 2 aliphatic heterocycles. The maximum Gasteiger partial charge on any atom is 0.193 e. The van der Waals surface area contributed by atoms with Crippen LogP contribution in [0.3, 0.4) is 0 Å². The Bertz CT molecular complexity index is 1320. The molecule has 2 heterocycles. The van der Waals surface area contributed by atoms with Gasteiger partial charge in [-0.2, -0.15) is 0 Å². The lowest BCUT2D eigenvalue weighted by Gasteiger charge is -2.39. The lowest BCUT2D eigenvalue weighted by atomic mass is 9.97. The molecular weight excluding hydrogens is 625 g/mol. The first-order valence-electron chi connectivity index (χ1n) is 17.2. The van der Waals surface area contributed by atoms with Crippen LogP contribution < -0.4 is 0 Å². The zero-order valence-corrected chi connectivity index (χ0v) is 31.6. The van der Waals surface area contributed by atoms with E-state index in [2.05, 4.69) is 33.9 Å². The van der Waals surface area contributed by atoms with Gasteiger partial charge in [0.05, 0.1) is 25.9 Å². The van der Waals surface area contributed by atoms with Crippen molar-refractivity contribution in [1.82, 2.24) is 0 Å². The lowest BCUT2D eigenvalue weighted by Crippen LogP contribution is -2.50. The molecule has 0 aliphatic carbocycles. The van der Waals surface area contributed by atoms with Crippen LogP contribution in [-0.2, 0) is 46.1 Å². The average molecular weight is 683 g/mol. The second-order valence-corrected chi connectivity index (χ2v) is 20.0. The third-order valence-electron chi connectivity index (χ3n) is 9.23. The Kier molecular flexibility index (Phi) is 13.1. The van der Waals surface area contributed by atoms with E-state index in [0.717, 1.165) is 11.1 Å². The van der Waals surface area contributed by atoms with Crippen molar-refractivity contribution in [2.75, 3.05) is 6.61 Å². The van der Waals surface area contributed by atoms with Gasteiger partial charge in [-0.05, 0) is 63.9 Å². The van der Waals surface area contributed by atoms with Crippen LogP contribution in [0.2, 0.25) is 18.1 Å². The van der Waals surface area contributed by atoms with Crippen LogP contribution in [0.1, 0.15) is 66.5 Å². The molecule has 2 aliphatic rings. The Labute approximate surface area is 289 Å². The number of ether oxygens (including phenoxy) is 6. The number of hydrogen-bond donors (Lipinski definition) is 1. The van der Waals surface area contributed by atoms with Crippen LogP contribution in [-0.4, -0.2) is 74.3 Å². The van der Waals surface area contributed by atoms with Crippen molar-refractivity contribution in [2.24, 2.45) is 0 Å². The zero-order valence-electron chi connectivity index (χ0n) is 30.6. The third-order valence-corrected chi connectivity index (χ3v) is 13.7. The summed E-state index contributed by atoms with van der Waals surface area (Å²) in [5.41, 5.74) is 2.03. The number of hydrogen-bond acceptors (Lipinski definition) is 8. The first-order valence-corrected chi connectivity index (χ1v) is 20.1. The molecule has 2 fully saturated rings. The van der Waals surface area contributed by atoms with E-state index in [4.69, 9.17) is 32.8 Å². The van der Waals surface area contributed by atoms with Crippen LogP contribution in [0.4, 0.5) is 0 Å². The highest BCUT2D eigenvalue weighted by atomic mass is 28.4. The summed E-state index contributed by atoms with van der Waals surface area (Å²) in [6, 6.07) is 20.0. The molecule has 0 amide bonds. The van der Waals surface area contributed by atoms with E-state index in [0.29, 0.717) is 19.8 Å². The van der Waals surface area contributed by atoms with Gasteiger partial charge in [-0.25, -0.2) is 0 Å². The Hall–Kier alpha value is -2.18. The third kappa shape index (κ3) is 10.7. The van der Waals surface area contributed by atoms with Gasteiger partial charge in [0.15, 0.2) is 19.9 Å². The molecule has 1 N–H and O–H groups in total. The zero-order chi connectivity index (χ0) is 35.2. The van der Waals surface area contributed by atoms with Gasteiger partial charge in [-0.1, -0.05) is 106 Å². The molecule has 7 atom stereocenters. The minimum absolute atomic E-state index is 0.0177. The largest absolute Gasteiger partial charge is 0.408 e. The quantitative estimate of drug-likeness (QED) is 0.151. The van der Waals surface area contributed by atoms with Gasteiger partial charge >= 0.3 is 0 Å². The first kappa shape index (κ1) is 38.6. The Balaban J connectivity index is 1.70. The fourth-order valence-corrected chi connectivity index (χ4v) is 6.92. The van der Waals surface area contributed by atoms with Gasteiger partial charge < -0.3 is 38.0 Å². The molecular formula is C39H58O8Si. The molecule has 2 aromatic rings.